The lowest BCUT2D eigenvalue weighted by molar-refractivity contribution is -0.123. The highest BCUT2D eigenvalue weighted by Crippen LogP contribution is 2.02. The van der Waals surface area contributed by atoms with Gasteiger partial charge in [0.05, 0.1) is 7.11 Å². The van der Waals surface area contributed by atoms with E-state index < -0.39 is 12.1 Å². The number of nitrogens with zero attached hydrogens (tertiary/aromatic N) is 1. The lowest BCUT2D eigenvalue weighted by Crippen LogP contribution is -2.50. The molecule has 8 nitrogen and oxygen atoms in total. The summed E-state index contributed by atoms with van der Waals surface area (Å²) in [6.45, 7) is 5.37. The molecule has 0 saturated heterocycles. The van der Waals surface area contributed by atoms with Crippen molar-refractivity contribution in [2.45, 2.75) is 51.7 Å². The van der Waals surface area contributed by atoms with Gasteiger partial charge in [-0.25, -0.2) is 9.59 Å². The number of rotatable bonds is 7. The molecule has 0 saturated carbocycles. The zero-order valence-corrected chi connectivity index (χ0v) is 14.2. The van der Waals surface area contributed by atoms with Gasteiger partial charge in [0.1, 0.15) is 6.04 Å². The van der Waals surface area contributed by atoms with E-state index >= 15 is 0 Å². The molecule has 0 bridgehead atoms. The third-order valence-corrected chi connectivity index (χ3v) is 3.11. The van der Waals surface area contributed by atoms with Gasteiger partial charge in [-0.15, -0.1) is 0 Å². The van der Waals surface area contributed by atoms with E-state index in [0.29, 0.717) is 12.8 Å². The second-order valence-corrected chi connectivity index (χ2v) is 5.59. The van der Waals surface area contributed by atoms with Crippen molar-refractivity contribution in [3.63, 3.8) is 0 Å². The molecule has 0 aliphatic heterocycles. The molecular weight excluding hydrogens is 288 g/mol. The summed E-state index contributed by atoms with van der Waals surface area (Å²) in [6, 6.07) is -1.03. The molecule has 0 aliphatic carbocycles. The molecule has 8 heteroatoms. The van der Waals surface area contributed by atoms with Crippen molar-refractivity contribution in [1.82, 2.24) is 20.9 Å². The Hall–Kier alpha value is -1.99. The van der Waals surface area contributed by atoms with Crippen LogP contribution in [0.1, 0.15) is 33.6 Å². The van der Waals surface area contributed by atoms with E-state index in [4.69, 9.17) is 0 Å². The van der Waals surface area contributed by atoms with Crippen LogP contribution in [0, 0.1) is 0 Å². The Morgan fingerprint density at radius 3 is 1.91 bits per heavy atom. The third kappa shape index (κ3) is 8.33. The Kier molecular flexibility index (Phi) is 8.97. The molecular formula is C14H28N4O4. The van der Waals surface area contributed by atoms with Crippen molar-refractivity contribution in [3.8, 4) is 0 Å². The zero-order valence-electron chi connectivity index (χ0n) is 14.2. The fraction of sp³-hybridized carbons (Fsp3) is 0.786. The molecule has 3 unspecified atom stereocenters. The van der Waals surface area contributed by atoms with Crippen LogP contribution >= 0.6 is 0 Å². The number of ether oxygens (including phenoxy) is 1. The quantitative estimate of drug-likeness (QED) is 0.643. The first kappa shape index (κ1) is 20.0. The summed E-state index contributed by atoms with van der Waals surface area (Å²) in [7, 11) is 4.53. The van der Waals surface area contributed by atoms with Gasteiger partial charge >= 0.3 is 12.1 Å². The Bertz CT molecular complexity index is 387. The monoisotopic (exact) mass is 316 g/mol. The molecule has 4 amide bonds. The Morgan fingerprint density at radius 2 is 1.45 bits per heavy atom. The summed E-state index contributed by atoms with van der Waals surface area (Å²) in [5.74, 6) is -0.240. The van der Waals surface area contributed by atoms with Gasteiger partial charge in [-0.1, -0.05) is 0 Å². The largest absolute Gasteiger partial charge is 0.453 e. The van der Waals surface area contributed by atoms with Crippen LogP contribution in [-0.2, 0) is 9.53 Å². The summed E-state index contributed by atoms with van der Waals surface area (Å²) in [6.07, 6.45) is 0.935. The summed E-state index contributed by atoms with van der Waals surface area (Å²) in [5.41, 5.74) is 0. The second kappa shape index (κ2) is 9.86. The summed E-state index contributed by atoms with van der Waals surface area (Å²) in [4.78, 5) is 35.8. The van der Waals surface area contributed by atoms with Crippen molar-refractivity contribution < 1.29 is 19.1 Å². The maximum absolute atomic E-state index is 11.9. The van der Waals surface area contributed by atoms with Crippen LogP contribution in [0.2, 0.25) is 0 Å². The number of nitrogens with one attached hydrogen (secondary N) is 3. The highest BCUT2D eigenvalue weighted by atomic mass is 16.5. The van der Waals surface area contributed by atoms with Gasteiger partial charge in [0.2, 0.25) is 5.91 Å². The molecule has 0 radical (unpaired) electrons. The van der Waals surface area contributed by atoms with Crippen molar-refractivity contribution in [2.24, 2.45) is 0 Å². The lowest BCUT2D eigenvalue weighted by atomic mass is 10.1. The zero-order chi connectivity index (χ0) is 17.3. The normalized spacial score (nSPS) is 14.3. The highest BCUT2D eigenvalue weighted by molar-refractivity contribution is 5.86. The molecule has 0 fully saturated rings. The van der Waals surface area contributed by atoms with Crippen molar-refractivity contribution in [3.05, 3.63) is 0 Å². The van der Waals surface area contributed by atoms with Crippen molar-refractivity contribution >= 4 is 18.0 Å². The predicted molar refractivity (Wildman–Crippen MR) is 83.5 cm³/mol. The van der Waals surface area contributed by atoms with E-state index in [2.05, 4.69) is 20.7 Å². The van der Waals surface area contributed by atoms with Crippen LogP contribution in [0.25, 0.3) is 0 Å². The molecule has 3 atom stereocenters. The van der Waals surface area contributed by atoms with E-state index in [1.807, 2.05) is 13.8 Å². The van der Waals surface area contributed by atoms with Crippen molar-refractivity contribution in [2.75, 3.05) is 21.2 Å². The van der Waals surface area contributed by atoms with Crippen LogP contribution in [-0.4, -0.2) is 62.3 Å². The summed E-state index contributed by atoms with van der Waals surface area (Å²) >= 11 is 0. The Labute approximate surface area is 131 Å². The highest BCUT2D eigenvalue weighted by Gasteiger charge is 2.18. The number of methoxy groups -OCH3 is 1. The van der Waals surface area contributed by atoms with Gasteiger partial charge in [0, 0.05) is 26.2 Å². The molecule has 0 spiro atoms. The van der Waals surface area contributed by atoms with Gasteiger partial charge in [0.15, 0.2) is 0 Å². The summed E-state index contributed by atoms with van der Waals surface area (Å²) in [5, 5.41) is 8.08. The van der Waals surface area contributed by atoms with Gasteiger partial charge in [0.25, 0.3) is 0 Å². The first-order valence-corrected chi connectivity index (χ1v) is 7.30. The van der Waals surface area contributed by atoms with Crippen LogP contribution in [0.4, 0.5) is 9.59 Å². The first-order chi connectivity index (χ1) is 10.2. The predicted octanol–water partition coefficient (Wildman–Crippen LogP) is 0.676. The molecule has 0 heterocycles. The van der Waals surface area contributed by atoms with Gasteiger partial charge in [-0.05, 0) is 33.6 Å². The number of hydrogen-bond acceptors (Lipinski definition) is 4. The Balaban J connectivity index is 4.09. The minimum absolute atomic E-state index is 0.0438. The smallest absolute Gasteiger partial charge is 0.407 e. The number of carbonyl (C=O) groups excluding carboxylic acids is 3. The van der Waals surface area contributed by atoms with Gasteiger partial charge in [-0.3, -0.25) is 4.79 Å². The molecule has 3 N–H and O–H groups in total. The molecule has 0 aromatic heterocycles. The molecule has 0 aromatic rings. The Morgan fingerprint density at radius 1 is 0.955 bits per heavy atom. The maximum atomic E-state index is 11.9. The van der Waals surface area contributed by atoms with Crippen LogP contribution in [0.3, 0.4) is 0 Å². The fourth-order valence-electron chi connectivity index (χ4n) is 1.65. The van der Waals surface area contributed by atoms with Gasteiger partial charge in [-0.2, -0.15) is 0 Å². The average molecular weight is 316 g/mol. The maximum Gasteiger partial charge on any atom is 0.407 e. The SMILES string of the molecule is COC(=O)NC(C)CCC(C)NC(=O)C(C)NC(=O)N(C)C. The molecule has 0 aliphatic rings. The standard InChI is InChI=1S/C14H28N4O4/c1-9(7-8-10(2)16-14(21)22-6)15-12(19)11(3)17-13(20)18(4)5/h9-11H,7-8H2,1-6H3,(H,15,19)(H,16,21)(H,17,20). The number of hydrogen-bond donors (Lipinski definition) is 3. The van der Waals surface area contributed by atoms with E-state index in [0.717, 1.165) is 0 Å². The van der Waals surface area contributed by atoms with Crippen LogP contribution < -0.4 is 16.0 Å². The number of alkyl carbamates (subject to hydrolysis) is 1. The summed E-state index contributed by atoms with van der Waals surface area (Å²) < 4.78 is 4.52. The number of urea groups is 1. The first-order valence-electron chi connectivity index (χ1n) is 7.30. The lowest BCUT2D eigenvalue weighted by Gasteiger charge is -2.21. The molecule has 0 rings (SSSR count). The minimum Gasteiger partial charge on any atom is -0.453 e. The molecule has 128 valence electrons. The fourth-order valence-corrected chi connectivity index (χ4v) is 1.65. The van der Waals surface area contributed by atoms with Crippen LogP contribution in [0.15, 0.2) is 0 Å². The van der Waals surface area contributed by atoms with Crippen molar-refractivity contribution in [1.29, 1.82) is 0 Å². The van der Waals surface area contributed by atoms with E-state index in [-0.39, 0.29) is 24.0 Å². The van der Waals surface area contributed by atoms with Crippen LogP contribution in [0.5, 0.6) is 0 Å². The van der Waals surface area contributed by atoms with E-state index in [9.17, 15) is 14.4 Å². The average Bonchev–Trinajstić information content (AvgIpc) is 2.44. The minimum atomic E-state index is -0.608. The van der Waals surface area contributed by atoms with E-state index in [1.54, 1.807) is 21.0 Å². The second-order valence-electron chi connectivity index (χ2n) is 5.59. The van der Waals surface area contributed by atoms with Gasteiger partial charge < -0.3 is 25.6 Å². The number of amides is 4. The van der Waals surface area contributed by atoms with E-state index in [1.165, 1.54) is 12.0 Å². The third-order valence-electron chi connectivity index (χ3n) is 3.11. The molecule has 0 aromatic carbocycles. The number of carbonyl (C=O) groups is 3. The topological polar surface area (TPSA) is 99.8 Å². The molecule has 22 heavy (non-hydrogen) atoms.